The Morgan fingerprint density at radius 3 is 2.29 bits per heavy atom. The van der Waals surface area contributed by atoms with Crippen molar-refractivity contribution in [3.05, 3.63) is 21.3 Å². The molecule has 1 aliphatic rings. The zero-order valence-corrected chi connectivity index (χ0v) is 14.0. The van der Waals surface area contributed by atoms with Crippen molar-refractivity contribution in [2.45, 2.75) is 6.42 Å². The fourth-order valence-electron chi connectivity index (χ4n) is 2.09. The van der Waals surface area contributed by atoms with Crippen molar-refractivity contribution >= 4 is 34.4 Å². The van der Waals surface area contributed by atoms with E-state index in [-0.39, 0.29) is 25.0 Å². The fraction of sp³-hybridized carbons (Fsp3) is 0.429. The van der Waals surface area contributed by atoms with Crippen molar-refractivity contribution in [2.24, 2.45) is 0 Å². The van der Waals surface area contributed by atoms with Crippen molar-refractivity contribution in [3.63, 3.8) is 0 Å². The zero-order chi connectivity index (χ0) is 15.4. The highest BCUT2D eigenvalue weighted by Gasteiger charge is 2.26. The molecule has 0 radical (unpaired) electrons. The number of benzene rings is 1. The molecule has 1 heterocycles. The van der Waals surface area contributed by atoms with Gasteiger partial charge in [-0.25, -0.2) is 0 Å². The van der Waals surface area contributed by atoms with Crippen LogP contribution in [0.5, 0.6) is 11.5 Å². The first kappa shape index (κ1) is 16.0. The molecule has 6 nitrogen and oxygen atoms in total. The number of hydrogen-bond acceptors (Lipinski definition) is 5. The van der Waals surface area contributed by atoms with E-state index >= 15 is 0 Å². The highest BCUT2D eigenvalue weighted by atomic mass is 127. The topological polar surface area (TPSA) is 65.1 Å². The number of carbonyl (C=O) groups excluding carboxylic acids is 2. The average molecular weight is 405 g/mol. The van der Waals surface area contributed by atoms with Crippen LogP contribution in [0.2, 0.25) is 0 Å². The smallest absolute Gasteiger partial charge is 0.255 e. The summed E-state index contributed by atoms with van der Waals surface area (Å²) in [6.45, 7) is 0.274. The molecule has 0 atom stereocenters. The van der Waals surface area contributed by atoms with Crippen molar-refractivity contribution in [2.75, 3.05) is 34.0 Å². The van der Waals surface area contributed by atoms with Gasteiger partial charge in [-0.05, 0) is 46.7 Å². The van der Waals surface area contributed by atoms with Crippen LogP contribution in [-0.4, -0.2) is 50.7 Å². The molecule has 1 aromatic carbocycles. The molecule has 2 amide bonds. The van der Waals surface area contributed by atoms with Gasteiger partial charge in [-0.3, -0.25) is 14.5 Å². The molecule has 0 aromatic heterocycles. The summed E-state index contributed by atoms with van der Waals surface area (Å²) in [5.41, 5.74) is 1.00. The lowest BCUT2D eigenvalue weighted by Gasteiger charge is -2.25. The van der Waals surface area contributed by atoms with E-state index in [0.717, 1.165) is 9.13 Å². The molecule has 0 unspecified atom stereocenters. The lowest BCUT2D eigenvalue weighted by atomic mass is 10.1. The van der Waals surface area contributed by atoms with E-state index in [1.54, 1.807) is 14.2 Å². The summed E-state index contributed by atoms with van der Waals surface area (Å²) in [6, 6.07) is 3.74. The van der Waals surface area contributed by atoms with Crippen LogP contribution in [0.1, 0.15) is 5.56 Å². The predicted molar refractivity (Wildman–Crippen MR) is 83.5 cm³/mol. The van der Waals surface area contributed by atoms with Crippen molar-refractivity contribution < 1.29 is 23.8 Å². The number of rotatable bonds is 5. The van der Waals surface area contributed by atoms with E-state index in [1.807, 2.05) is 12.1 Å². The molecule has 1 saturated heterocycles. The van der Waals surface area contributed by atoms with E-state index in [1.165, 1.54) is 4.90 Å². The highest BCUT2D eigenvalue weighted by molar-refractivity contribution is 14.1. The zero-order valence-electron chi connectivity index (χ0n) is 11.8. The van der Waals surface area contributed by atoms with E-state index in [2.05, 4.69) is 22.6 Å². The first-order valence-electron chi connectivity index (χ1n) is 6.38. The van der Waals surface area contributed by atoms with Crippen molar-refractivity contribution in [1.82, 2.24) is 4.90 Å². The van der Waals surface area contributed by atoms with Gasteiger partial charge >= 0.3 is 0 Å². The Balaban J connectivity index is 2.12. The summed E-state index contributed by atoms with van der Waals surface area (Å²) < 4.78 is 16.4. The highest BCUT2D eigenvalue weighted by Crippen LogP contribution is 2.31. The Hall–Kier alpha value is -1.35. The Kier molecular flexibility index (Phi) is 5.40. The van der Waals surface area contributed by atoms with Gasteiger partial charge in [-0.1, -0.05) is 0 Å². The molecule has 1 aromatic rings. The van der Waals surface area contributed by atoms with Gasteiger partial charge in [-0.15, -0.1) is 0 Å². The minimum Gasteiger partial charge on any atom is -0.493 e. The van der Waals surface area contributed by atoms with E-state index in [9.17, 15) is 9.59 Å². The predicted octanol–water partition coefficient (Wildman–Crippen LogP) is 1.24. The number of nitrogens with zero attached hydrogens (tertiary/aromatic N) is 1. The SMILES string of the molecule is COc1cc(I)c(CCN2C(=O)COCC2=O)cc1OC. The standard InChI is InChI=1S/C14H16INO5/c1-19-11-5-9(10(15)6-12(11)20-2)3-4-16-13(17)7-21-8-14(16)18/h5-6H,3-4,7-8H2,1-2H3. The third kappa shape index (κ3) is 3.65. The molecule has 1 fully saturated rings. The summed E-state index contributed by atoms with van der Waals surface area (Å²) in [6.07, 6.45) is 0.566. The minimum absolute atomic E-state index is 0.0330. The Morgan fingerprint density at radius 1 is 1.14 bits per heavy atom. The molecule has 0 aliphatic carbocycles. The molecule has 0 N–H and O–H groups in total. The van der Waals surface area contributed by atoms with Gasteiger partial charge in [0.15, 0.2) is 11.5 Å². The first-order chi connectivity index (χ1) is 10.1. The number of halogens is 1. The maximum Gasteiger partial charge on any atom is 0.255 e. The molecule has 0 spiro atoms. The van der Waals surface area contributed by atoms with Gasteiger partial charge in [0.2, 0.25) is 0 Å². The monoisotopic (exact) mass is 405 g/mol. The number of imide groups is 1. The summed E-state index contributed by atoms with van der Waals surface area (Å²) in [4.78, 5) is 24.6. The number of amides is 2. The Bertz CT molecular complexity index is 545. The van der Waals surface area contributed by atoms with Crippen LogP contribution < -0.4 is 9.47 Å². The second kappa shape index (κ2) is 7.08. The second-order valence-electron chi connectivity index (χ2n) is 4.48. The van der Waals surface area contributed by atoms with Gasteiger partial charge in [0.25, 0.3) is 11.8 Å². The van der Waals surface area contributed by atoms with Crippen LogP contribution >= 0.6 is 22.6 Å². The van der Waals surface area contributed by atoms with Crippen LogP contribution in [0, 0.1) is 3.57 Å². The molecular formula is C14H16INO5. The fourth-order valence-corrected chi connectivity index (χ4v) is 2.80. The molecule has 2 rings (SSSR count). The number of carbonyl (C=O) groups is 2. The molecule has 21 heavy (non-hydrogen) atoms. The van der Waals surface area contributed by atoms with Gasteiger partial charge in [-0.2, -0.15) is 0 Å². The molecule has 114 valence electrons. The van der Waals surface area contributed by atoms with E-state index in [4.69, 9.17) is 14.2 Å². The second-order valence-corrected chi connectivity index (χ2v) is 5.64. The van der Waals surface area contributed by atoms with Crippen LogP contribution in [0.4, 0.5) is 0 Å². The van der Waals surface area contributed by atoms with Gasteiger partial charge in [0.1, 0.15) is 13.2 Å². The normalized spacial score (nSPS) is 15.3. The third-order valence-corrected chi connectivity index (χ3v) is 4.21. The summed E-state index contributed by atoms with van der Waals surface area (Å²) in [5, 5.41) is 0. The maximum atomic E-state index is 11.7. The maximum absolute atomic E-state index is 11.7. The third-order valence-electron chi connectivity index (χ3n) is 3.21. The van der Waals surface area contributed by atoms with Crippen LogP contribution in [0.25, 0.3) is 0 Å². The molecular weight excluding hydrogens is 389 g/mol. The minimum atomic E-state index is -0.290. The largest absolute Gasteiger partial charge is 0.493 e. The number of hydrogen-bond donors (Lipinski definition) is 0. The van der Waals surface area contributed by atoms with Gasteiger partial charge in [0.05, 0.1) is 14.2 Å². The van der Waals surface area contributed by atoms with Crippen LogP contribution in [-0.2, 0) is 20.7 Å². The summed E-state index contributed by atoms with van der Waals surface area (Å²) >= 11 is 2.20. The lowest BCUT2D eigenvalue weighted by Crippen LogP contribution is -2.47. The Labute approximate surface area is 136 Å². The Morgan fingerprint density at radius 2 is 1.71 bits per heavy atom. The van der Waals surface area contributed by atoms with Crippen LogP contribution in [0.3, 0.4) is 0 Å². The molecule has 0 bridgehead atoms. The van der Waals surface area contributed by atoms with Gasteiger partial charge < -0.3 is 14.2 Å². The number of ether oxygens (including phenoxy) is 3. The molecule has 1 aliphatic heterocycles. The van der Waals surface area contributed by atoms with E-state index < -0.39 is 0 Å². The van der Waals surface area contributed by atoms with Crippen molar-refractivity contribution in [3.8, 4) is 11.5 Å². The summed E-state index contributed by atoms with van der Waals surface area (Å²) in [5.74, 6) is 0.709. The number of morpholine rings is 1. The molecule has 0 saturated carbocycles. The average Bonchev–Trinajstić information content (AvgIpc) is 2.47. The number of methoxy groups -OCH3 is 2. The van der Waals surface area contributed by atoms with E-state index in [0.29, 0.717) is 24.5 Å². The lowest BCUT2D eigenvalue weighted by molar-refractivity contribution is -0.158. The molecule has 7 heteroatoms. The van der Waals surface area contributed by atoms with Gasteiger partial charge in [0, 0.05) is 10.1 Å². The van der Waals surface area contributed by atoms with Crippen molar-refractivity contribution in [1.29, 1.82) is 0 Å². The summed E-state index contributed by atoms with van der Waals surface area (Å²) in [7, 11) is 3.15. The van der Waals surface area contributed by atoms with Crippen LogP contribution in [0.15, 0.2) is 12.1 Å². The quantitative estimate of drug-likeness (QED) is 0.545. The first-order valence-corrected chi connectivity index (χ1v) is 7.46.